The van der Waals surface area contributed by atoms with Crippen LogP contribution in [-0.2, 0) is 17.8 Å². The number of amides is 1. The summed E-state index contributed by atoms with van der Waals surface area (Å²) in [5.41, 5.74) is 3.09. The van der Waals surface area contributed by atoms with Crippen LogP contribution >= 0.6 is 46.5 Å². The highest BCUT2D eigenvalue weighted by molar-refractivity contribution is 8.02. The van der Waals surface area contributed by atoms with E-state index >= 15 is 0 Å². The van der Waals surface area contributed by atoms with Crippen molar-refractivity contribution >= 4 is 69.0 Å². The topological polar surface area (TPSA) is 48.1 Å². The number of hydrogen-bond acceptors (Lipinski definition) is 4. The van der Waals surface area contributed by atoms with E-state index in [-0.39, 0.29) is 5.91 Å². The summed E-state index contributed by atoms with van der Waals surface area (Å²) in [7, 11) is 0. The molecular formula is C17H15Cl2N3OS2. The molecule has 25 heavy (non-hydrogen) atoms. The minimum Gasteiger partial charge on any atom is -0.358 e. The number of nitrogens with zero attached hydrogens (tertiary/aromatic N) is 1. The highest BCUT2D eigenvalue weighted by atomic mass is 35.5. The maximum Gasteiger partial charge on any atom is 0.219 e. The lowest BCUT2D eigenvalue weighted by Gasteiger charge is -2.25. The number of benzene rings is 1. The number of H-pyrrole nitrogens is 1. The van der Waals surface area contributed by atoms with E-state index in [1.807, 2.05) is 17.0 Å². The lowest BCUT2D eigenvalue weighted by Crippen LogP contribution is -2.33. The highest BCUT2D eigenvalue weighted by Gasteiger charge is 2.21. The van der Waals surface area contributed by atoms with Gasteiger partial charge in [-0.3, -0.25) is 4.79 Å². The Kier molecular flexibility index (Phi) is 4.62. The Morgan fingerprint density at radius 3 is 3.00 bits per heavy atom. The SMILES string of the molecule is CC(=O)N1CCc2sc(SNc3ccc(Cl)c4c(Cl)c[nH]c34)cc2C1. The van der Waals surface area contributed by atoms with Gasteiger partial charge in [-0.05, 0) is 42.1 Å². The minimum atomic E-state index is 0.136. The van der Waals surface area contributed by atoms with Gasteiger partial charge in [0, 0.05) is 36.5 Å². The summed E-state index contributed by atoms with van der Waals surface area (Å²) in [6.45, 7) is 3.14. The van der Waals surface area contributed by atoms with Gasteiger partial charge < -0.3 is 14.6 Å². The van der Waals surface area contributed by atoms with Crippen molar-refractivity contribution in [1.29, 1.82) is 0 Å². The lowest BCUT2D eigenvalue weighted by molar-refractivity contribution is -0.129. The predicted octanol–water partition coefficient (Wildman–Crippen LogP) is 5.56. The van der Waals surface area contributed by atoms with Gasteiger partial charge >= 0.3 is 0 Å². The molecule has 1 amide bonds. The molecule has 0 aliphatic carbocycles. The van der Waals surface area contributed by atoms with Crippen molar-refractivity contribution in [2.75, 3.05) is 11.3 Å². The smallest absolute Gasteiger partial charge is 0.219 e. The van der Waals surface area contributed by atoms with Crippen molar-refractivity contribution in [3.05, 3.63) is 44.9 Å². The van der Waals surface area contributed by atoms with E-state index in [1.54, 1.807) is 36.4 Å². The van der Waals surface area contributed by atoms with Gasteiger partial charge in [-0.1, -0.05) is 23.2 Å². The van der Waals surface area contributed by atoms with Crippen LogP contribution in [0.15, 0.2) is 28.6 Å². The Bertz CT molecular complexity index is 966. The molecule has 1 aliphatic heterocycles. The number of halogens is 2. The van der Waals surface area contributed by atoms with Crippen molar-refractivity contribution in [3.63, 3.8) is 0 Å². The van der Waals surface area contributed by atoms with Crippen LogP contribution in [0.4, 0.5) is 5.69 Å². The van der Waals surface area contributed by atoms with Gasteiger partial charge in [0.25, 0.3) is 0 Å². The standard InChI is InChI=1S/C17H15Cl2N3OS2/c1-9(23)22-5-4-14-10(8-22)6-15(24-14)25-21-13-3-2-11(18)16-12(19)7-20-17(13)16/h2-3,6-7,20-21H,4-5,8H2,1H3. The molecule has 0 saturated carbocycles. The fourth-order valence-electron chi connectivity index (χ4n) is 2.98. The molecule has 1 aliphatic rings. The van der Waals surface area contributed by atoms with E-state index in [2.05, 4.69) is 15.8 Å². The molecule has 3 aromatic rings. The first-order chi connectivity index (χ1) is 12.0. The van der Waals surface area contributed by atoms with Gasteiger partial charge in [0.2, 0.25) is 5.91 Å². The van der Waals surface area contributed by atoms with Gasteiger partial charge in [0.1, 0.15) is 0 Å². The van der Waals surface area contributed by atoms with Crippen LogP contribution in [0.3, 0.4) is 0 Å². The zero-order valence-corrected chi connectivity index (χ0v) is 16.5. The summed E-state index contributed by atoms with van der Waals surface area (Å²) in [4.78, 5) is 18.0. The second-order valence-corrected chi connectivity index (χ2v) is 8.95. The summed E-state index contributed by atoms with van der Waals surface area (Å²) in [6, 6.07) is 5.95. The average Bonchev–Trinajstić information content (AvgIpc) is 3.17. The molecule has 3 heterocycles. The largest absolute Gasteiger partial charge is 0.358 e. The molecule has 2 N–H and O–H groups in total. The normalized spacial score (nSPS) is 14.0. The van der Waals surface area contributed by atoms with Gasteiger partial charge in [0.05, 0.1) is 25.5 Å². The predicted molar refractivity (Wildman–Crippen MR) is 107 cm³/mol. The van der Waals surface area contributed by atoms with Crippen molar-refractivity contribution in [1.82, 2.24) is 9.88 Å². The Morgan fingerprint density at radius 2 is 2.20 bits per heavy atom. The fraction of sp³-hybridized carbons (Fsp3) is 0.235. The average molecular weight is 412 g/mol. The van der Waals surface area contributed by atoms with Crippen LogP contribution in [0.2, 0.25) is 10.0 Å². The molecule has 1 aromatic carbocycles. The number of thiophene rings is 1. The number of rotatable bonds is 3. The molecule has 0 radical (unpaired) electrons. The number of aromatic amines is 1. The quantitative estimate of drug-likeness (QED) is 0.554. The number of anilines is 1. The highest BCUT2D eigenvalue weighted by Crippen LogP contribution is 2.38. The van der Waals surface area contributed by atoms with Gasteiger partial charge in [-0.2, -0.15) is 0 Å². The second kappa shape index (κ2) is 6.76. The van der Waals surface area contributed by atoms with Crippen molar-refractivity contribution in [2.45, 2.75) is 24.1 Å². The number of nitrogens with one attached hydrogen (secondary N) is 2. The number of carbonyl (C=O) groups excluding carboxylic acids is 1. The lowest BCUT2D eigenvalue weighted by atomic mass is 10.1. The Hall–Kier alpha value is -1.34. The Labute approximate surface area is 163 Å². The maximum atomic E-state index is 11.6. The first kappa shape index (κ1) is 17.1. The van der Waals surface area contributed by atoms with Crippen LogP contribution in [0.1, 0.15) is 17.4 Å². The summed E-state index contributed by atoms with van der Waals surface area (Å²) >= 11 is 15.8. The molecule has 0 bridgehead atoms. The first-order valence-electron chi connectivity index (χ1n) is 7.78. The Balaban J connectivity index is 1.53. The molecule has 0 atom stereocenters. The van der Waals surface area contributed by atoms with E-state index < -0.39 is 0 Å². The molecule has 8 heteroatoms. The van der Waals surface area contributed by atoms with E-state index in [0.29, 0.717) is 16.6 Å². The molecule has 4 rings (SSSR count). The number of fused-ring (bicyclic) bond motifs is 2. The van der Waals surface area contributed by atoms with Crippen LogP contribution in [0.5, 0.6) is 0 Å². The number of hydrogen-bond donors (Lipinski definition) is 2. The van der Waals surface area contributed by atoms with Gasteiger partial charge in [0.15, 0.2) is 0 Å². The Morgan fingerprint density at radius 1 is 1.36 bits per heavy atom. The van der Waals surface area contributed by atoms with Crippen LogP contribution in [0.25, 0.3) is 10.9 Å². The van der Waals surface area contributed by atoms with E-state index in [1.165, 1.54) is 14.6 Å². The third-order valence-corrected chi connectivity index (χ3v) is 7.07. The molecule has 0 fully saturated rings. The molecule has 130 valence electrons. The zero-order valence-electron chi connectivity index (χ0n) is 13.4. The third kappa shape index (κ3) is 3.24. The summed E-state index contributed by atoms with van der Waals surface area (Å²) in [5, 5.41) is 2.08. The number of aromatic nitrogens is 1. The van der Waals surface area contributed by atoms with Crippen LogP contribution in [0, 0.1) is 0 Å². The van der Waals surface area contributed by atoms with Gasteiger partial charge in [-0.15, -0.1) is 11.3 Å². The zero-order chi connectivity index (χ0) is 17.6. The van der Waals surface area contributed by atoms with Crippen molar-refractivity contribution < 1.29 is 4.79 Å². The summed E-state index contributed by atoms with van der Waals surface area (Å²) in [6.07, 6.45) is 2.67. The number of carbonyl (C=O) groups is 1. The molecular weight excluding hydrogens is 397 g/mol. The molecule has 0 unspecified atom stereocenters. The fourth-order valence-corrected chi connectivity index (χ4v) is 5.61. The van der Waals surface area contributed by atoms with Crippen molar-refractivity contribution in [3.8, 4) is 0 Å². The van der Waals surface area contributed by atoms with E-state index in [0.717, 1.165) is 29.6 Å². The molecule has 4 nitrogen and oxygen atoms in total. The van der Waals surface area contributed by atoms with E-state index in [4.69, 9.17) is 23.2 Å². The summed E-state index contributed by atoms with van der Waals surface area (Å²) in [5.74, 6) is 0.136. The van der Waals surface area contributed by atoms with Crippen molar-refractivity contribution in [2.24, 2.45) is 0 Å². The van der Waals surface area contributed by atoms with Crippen LogP contribution in [-0.4, -0.2) is 22.3 Å². The molecule has 0 saturated heterocycles. The minimum absolute atomic E-state index is 0.136. The molecule has 2 aromatic heterocycles. The van der Waals surface area contributed by atoms with E-state index in [9.17, 15) is 4.79 Å². The first-order valence-corrected chi connectivity index (χ1v) is 10.2. The monoisotopic (exact) mass is 411 g/mol. The van der Waals surface area contributed by atoms with Crippen LogP contribution < -0.4 is 4.72 Å². The van der Waals surface area contributed by atoms with Gasteiger partial charge in [-0.25, -0.2) is 0 Å². The summed E-state index contributed by atoms with van der Waals surface area (Å²) < 4.78 is 4.56. The second-order valence-electron chi connectivity index (χ2n) is 5.89. The third-order valence-electron chi connectivity index (χ3n) is 4.29. The molecule has 0 spiro atoms. The maximum absolute atomic E-state index is 11.6.